The summed E-state index contributed by atoms with van der Waals surface area (Å²) in [5.41, 5.74) is 10.7. The molecule has 0 aromatic heterocycles. The summed E-state index contributed by atoms with van der Waals surface area (Å²) >= 11 is 1.66. The van der Waals surface area contributed by atoms with E-state index >= 15 is 0 Å². The molecule has 3 aliphatic rings. The topological polar surface area (TPSA) is 0 Å². The summed E-state index contributed by atoms with van der Waals surface area (Å²) < 4.78 is 1.76. The minimum atomic E-state index is -0.0591. The van der Waals surface area contributed by atoms with Crippen LogP contribution in [0.3, 0.4) is 0 Å². The molecule has 42 heavy (non-hydrogen) atoms. The number of rotatable bonds is 4. The van der Waals surface area contributed by atoms with Crippen LogP contribution >= 0.6 is 0 Å². The van der Waals surface area contributed by atoms with Gasteiger partial charge in [-0.15, -0.1) is 17.5 Å². The van der Waals surface area contributed by atoms with Crippen molar-refractivity contribution in [1.82, 2.24) is 0 Å². The molecule has 3 aliphatic carbocycles. The van der Waals surface area contributed by atoms with Crippen LogP contribution in [0.1, 0.15) is 80.3 Å². The first-order valence-electron chi connectivity index (χ1n) is 14.3. The zero-order valence-electron chi connectivity index (χ0n) is 25.0. The van der Waals surface area contributed by atoms with E-state index in [4.69, 9.17) is 0 Å². The van der Waals surface area contributed by atoms with E-state index in [0.717, 1.165) is 12.8 Å². The Morgan fingerprint density at radius 1 is 0.667 bits per heavy atom. The van der Waals surface area contributed by atoms with Crippen molar-refractivity contribution in [2.24, 2.45) is 0 Å². The summed E-state index contributed by atoms with van der Waals surface area (Å²) in [5.74, 6) is 0. The Morgan fingerprint density at radius 2 is 1.21 bits per heavy atom. The van der Waals surface area contributed by atoms with Gasteiger partial charge in [0, 0.05) is 5.41 Å². The van der Waals surface area contributed by atoms with Gasteiger partial charge in [0.15, 0.2) is 0 Å². The first-order valence-corrected chi connectivity index (χ1v) is 15.6. The Balaban J connectivity index is 0.000000376. The Hall–Kier alpha value is -2.31. The van der Waals surface area contributed by atoms with Crippen molar-refractivity contribution in [3.05, 3.63) is 155 Å². The van der Waals surface area contributed by atoms with E-state index < -0.39 is 0 Å². The van der Waals surface area contributed by atoms with E-state index in [1.54, 1.807) is 27.4 Å². The molecule has 1 fully saturated rings. The van der Waals surface area contributed by atoms with Crippen molar-refractivity contribution in [1.29, 1.82) is 0 Å². The number of halogens is 2. The minimum absolute atomic E-state index is 0. The molecule has 4 aromatic rings. The van der Waals surface area contributed by atoms with Gasteiger partial charge in [-0.05, 0) is 28.5 Å². The second-order valence-electron chi connectivity index (χ2n) is 11.9. The van der Waals surface area contributed by atoms with Crippen molar-refractivity contribution in [2.75, 3.05) is 0 Å². The molecule has 0 aliphatic heterocycles. The standard InChI is InChI=1S/C31H29.C5H5.C3H4.2ClH.Zr/c1-30(2,24-11-7-5-8-12-24)26-17-15-22-19-23-16-18-27(21-29(23)28(22)20-26)31(3,4)25-13-9-6-10-14-25;1-2-4-5-3-1;1-2-3-1;;;/h5-15,17-18,20-21H,19H2,1-4H3;1-3H,4H2;1-2H2;2*1H;/q2*-1;;;;+2/p-2. The Bertz CT molecular complexity index is 1430. The van der Waals surface area contributed by atoms with E-state index in [2.05, 4.69) is 137 Å². The number of allylic oxidation sites excluding steroid dienone is 4. The predicted molar refractivity (Wildman–Crippen MR) is 166 cm³/mol. The third kappa shape index (κ3) is 7.99. The first-order chi connectivity index (χ1) is 19.3. The van der Waals surface area contributed by atoms with Gasteiger partial charge in [-0.2, -0.15) is 29.8 Å². The van der Waals surface area contributed by atoms with Crippen LogP contribution in [0.4, 0.5) is 0 Å². The van der Waals surface area contributed by atoms with Crippen LogP contribution in [0.5, 0.6) is 0 Å². The maximum absolute atomic E-state index is 3.63. The summed E-state index contributed by atoms with van der Waals surface area (Å²) in [6.07, 6.45) is 13.9. The quantitative estimate of drug-likeness (QED) is 0.258. The van der Waals surface area contributed by atoms with E-state index in [1.165, 1.54) is 57.3 Å². The van der Waals surface area contributed by atoms with E-state index in [-0.39, 0.29) is 35.6 Å². The van der Waals surface area contributed by atoms with Crippen LogP contribution < -0.4 is 24.8 Å². The maximum atomic E-state index is 3.63. The molecule has 0 saturated heterocycles. The molecule has 214 valence electrons. The molecule has 0 nitrogen and oxygen atoms in total. The summed E-state index contributed by atoms with van der Waals surface area (Å²) in [5, 5.41) is 0. The summed E-state index contributed by atoms with van der Waals surface area (Å²) in [7, 11) is 0. The van der Waals surface area contributed by atoms with Gasteiger partial charge in [0.1, 0.15) is 0 Å². The molecule has 7 rings (SSSR count). The summed E-state index contributed by atoms with van der Waals surface area (Å²) in [6, 6.07) is 36.9. The van der Waals surface area contributed by atoms with Gasteiger partial charge in [0.2, 0.25) is 0 Å². The average molecular weight is 669 g/mol. The van der Waals surface area contributed by atoms with Gasteiger partial charge in [0.05, 0.1) is 0 Å². The molecular formula is C39H38Cl2Zr-2. The van der Waals surface area contributed by atoms with Gasteiger partial charge in [-0.3, -0.25) is 6.08 Å². The van der Waals surface area contributed by atoms with Gasteiger partial charge in [-0.1, -0.05) is 118 Å². The normalized spacial score (nSPS) is 13.8. The second kappa shape index (κ2) is 14.9. The van der Waals surface area contributed by atoms with Crippen molar-refractivity contribution in [2.45, 2.75) is 64.2 Å². The molecule has 0 amide bonds. The third-order valence-corrected chi connectivity index (χ3v) is 9.54. The van der Waals surface area contributed by atoms with Gasteiger partial charge >= 0.3 is 40.3 Å². The zero-order chi connectivity index (χ0) is 28.2. The first kappa shape index (κ1) is 34.2. The van der Waals surface area contributed by atoms with E-state index in [9.17, 15) is 0 Å². The van der Waals surface area contributed by atoms with Crippen LogP contribution in [0.15, 0.2) is 109 Å². The van der Waals surface area contributed by atoms with Crippen molar-refractivity contribution in [3.63, 3.8) is 0 Å². The summed E-state index contributed by atoms with van der Waals surface area (Å²) in [6.45, 7) is 9.26. The number of hydrogen-bond acceptors (Lipinski definition) is 0. The zero-order valence-corrected chi connectivity index (χ0v) is 28.9. The summed E-state index contributed by atoms with van der Waals surface area (Å²) in [4.78, 5) is 0. The Labute approximate surface area is 280 Å². The monoisotopic (exact) mass is 666 g/mol. The molecule has 1 saturated carbocycles. The molecule has 0 bridgehead atoms. The second-order valence-corrected chi connectivity index (χ2v) is 13.7. The fraction of sp³-hybridized carbons (Fsp3) is 0.256. The number of fused-ring (bicyclic) bond motifs is 3. The molecule has 4 aromatic carbocycles. The van der Waals surface area contributed by atoms with E-state index in [0.29, 0.717) is 0 Å². The molecule has 0 N–H and O–H groups in total. The SMILES string of the molecule is CC(C)(c1ccccc1)c1c[c-]c2c(c1)-c1cc(C(C)(C)c3ccccc3)ccc1C2.[C-]1=CC=CC1.[Cl-].[Cl-].[Zr+2]=[C]1CC1. The average Bonchev–Trinajstić information content (AvgIpc) is 3.41. The predicted octanol–water partition coefficient (Wildman–Crippen LogP) is 3.52. The van der Waals surface area contributed by atoms with Crippen LogP contribution in [-0.4, -0.2) is 3.21 Å². The van der Waals surface area contributed by atoms with Crippen LogP contribution in [0.25, 0.3) is 11.1 Å². The van der Waals surface area contributed by atoms with E-state index in [1.807, 2.05) is 12.2 Å². The fourth-order valence-corrected chi connectivity index (χ4v) is 5.59. The Kier molecular flexibility index (Phi) is 12.1. The third-order valence-electron chi connectivity index (χ3n) is 8.31. The van der Waals surface area contributed by atoms with Crippen molar-refractivity contribution < 1.29 is 49.0 Å². The van der Waals surface area contributed by atoms with Crippen molar-refractivity contribution in [3.8, 4) is 11.1 Å². The number of benzene rings is 4. The molecule has 0 unspecified atom stereocenters. The van der Waals surface area contributed by atoms with Crippen LogP contribution in [0, 0.1) is 12.1 Å². The molecular weight excluding hydrogens is 631 g/mol. The molecule has 0 heterocycles. The van der Waals surface area contributed by atoms with Crippen LogP contribution in [0.2, 0.25) is 0 Å². The fourth-order valence-electron chi connectivity index (χ4n) is 5.28. The van der Waals surface area contributed by atoms with Crippen molar-refractivity contribution >= 4 is 3.21 Å². The molecule has 0 radical (unpaired) electrons. The molecule has 3 heteroatoms. The number of hydrogen-bond donors (Lipinski definition) is 0. The molecule has 0 spiro atoms. The Morgan fingerprint density at radius 3 is 1.69 bits per heavy atom. The van der Waals surface area contributed by atoms with Gasteiger partial charge in [-0.25, -0.2) is 12.2 Å². The van der Waals surface area contributed by atoms with Crippen LogP contribution in [-0.2, 0) is 41.5 Å². The van der Waals surface area contributed by atoms with Gasteiger partial charge < -0.3 is 24.8 Å². The molecule has 0 atom stereocenters. The van der Waals surface area contributed by atoms with Gasteiger partial charge in [0.25, 0.3) is 0 Å².